The maximum Gasteiger partial charge on any atom is 0.237 e. The normalized spacial score (nSPS) is 11.5. The number of imidazole rings is 1. The molecule has 0 saturated carbocycles. The minimum atomic E-state index is -0.394. The molecule has 2 aromatic heterocycles. The Morgan fingerprint density at radius 3 is 2.23 bits per heavy atom. The zero-order chi connectivity index (χ0) is 20.5. The number of thiazole rings is 1. The summed E-state index contributed by atoms with van der Waals surface area (Å²) in [5, 5.41) is 19.6. The summed E-state index contributed by atoms with van der Waals surface area (Å²) in [6, 6.07) is 25.2. The molecule has 0 amide bonds. The van der Waals surface area contributed by atoms with Crippen LogP contribution in [0.15, 0.2) is 95.2 Å². The van der Waals surface area contributed by atoms with Gasteiger partial charge in [0.15, 0.2) is 4.96 Å². The van der Waals surface area contributed by atoms with Gasteiger partial charge in [0.2, 0.25) is 10.9 Å². The highest BCUT2D eigenvalue weighted by molar-refractivity contribution is 7.21. The van der Waals surface area contributed by atoms with Crippen molar-refractivity contribution in [3.05, 3.63) is 90.7 Å². The molecule has 5 aromatic rings. The average molecular weight is 414 g/mol. The SMILES string of the molecule is Oc1c(N=Nc2ccccc2)sc2nc(-c3ccccc3)c(-c3ccccc3F)n12. The molecule has 0 atom stereocenters. The van der Waals surface area contributed by atoms with E-state index in [0.717, 1.165) is 5.56 Å². The molecule has 5 rings (SSSR count). The Morgan fingerprint density at radius 2 is 1.50 bits per heavy atom. The van der Waals surface area contributed by atoms with E-state index in [1.54, 1.807) is 18.2 Å². The minimum absolute atomic E-state index is 0.123. The van der Waals surface area contributed by atoms with Gasteiger partial charge in [-0.3, -0.25) is 4.40 Å². The number of fused-ring (bicyclic) bond motifs is 1. The van der Waals surface area contributed by atoms with E-state index in [2.05, 4.69) is 10.2 Å². The van der Waals surface area contributed by atoms with Crippen LogP contribution in [0.3, 0.4) is 0 Å². The zero-order valence-electron chi connectivity index (χ0n) is 15.6. The van der Waals surface area contributed by atoms with Gasteiger partial charge in [0.1, 0.15) is 5.82 Å². The molecule has 5 nitrogen and oxygen atoms in total. The molecule has 0 unspecified atom stereocenters. The second kappa shape index (κ2) is 7.53. The van der Waals surface area contributed by atoms with Crippen LogP contribution in [0.1, 0.15) is 0 Å². The largest absolute Gasteiger partial charge is 0.492 e. The maximum absolute atomic E-state index is 14.7. The van der Waals surface area contributed by atoms with Gasteiger partial charge < -0.3 is 5.11 Å². The lowest BCUT2D eigenvalue weighted by atomic mass is 10.0. The number of nitrogens with zero attached hydrogens (tertiary/aromatic N) is 4. The molecule has 0 fully saturated rings. The van der Waals surface area contributed by atoms with E-state index in [0.29, 0.717) is 32.6 Å². The number of hydrogen-bond acceptors (Lipinski definition) is 5. The van der Waals surface area contributed by atoms with Gasteiger partial charge in [0.05, 0.1) is 17.1 Å². The van der Waals surface area contributed by atoms with Crippen LogP contribution in [0.4, 0.5) is 15.1 Å². The maximum atomic E-state index is 14.7. The summed E-state index contributed by atoms with van der Waals surface area (Å²) >= 11 is 1.19. The summed E-state index contributed by atoms with van der Waals surface area (Å²) in [6.45, 7) is 0. The summed E-state index contributed by atoms with van der Waals surface area (Å²) in [6.07, 6.45) is 0. The van der Waals surface area contributed by atoms with Crippen molar-refractivity contribution in [1.29, 1.82) is 0 Å². The number of rotatable bonds is 4. The Hall–Kier alpha value is -3.84. The van der Waals surface area contributed by atoms with Crippen molar-refractivity contribution < 1.29 is 9.50 Å². The molecular weight excluding hydrogens is 399 g/mol. The third-order valence-corrected chi connectivity index (χ3v) is 5.54. The van der Waals surface area contributed by atoms with E-state index >= 15 is 0 Å². The van der Waals surface area contributed by atoms with Crippen molar-refractivity contribution in [2.45, 2.75) is 0 Å². The Kier molecular flexibility index (Phi) is 4.57. The van der Waals surface area contributed by atoms with E-state index in [9.17, 15) is 9.50 Å². The molecule has 0 spiro atoms. The average Bonchev–Trinajstić information content (AvgIpc) is 3.30. The van der Waals surface area contributed by atoms with Crippen molar-refractivity contribution >= 4 is 27.0 Å². The molecule has 30 heavy (non-hydrogen) atoms. The number of aromatic nitrogens is 2. The number of halogens is 1. The zero-order valence-corrected chi connectivity index (χ0v) is 16.4. The monoisotopic (exact) mass is 414 g/mol. The Bertz CT molecular complexity index is 1360. The lowest BCUT2D eigenvalue weighted by Gasteiger charge is -2.07. The Morgan fingerprint density at radius 1 is 0.833 bits per heavy atom. The van der Waals surface area contributed by atoms with Gasteiger partial charge in [0.25, 0.3) is 0 Å². The third kappa shape index (κ3) is 3.15. The van der Waals surface area contributed by atoms with Crippen LogP contribution in [0.5, 0.6) is 5.88 Å². The summed E-state index contributed by atoms with van der Waals surface area (Å²) in [7, 11) is 0. The van der Waals surface area contributed by atoms with Gasteiger partial charge in [-0.1, -0.05) is 72.0 Å². The fourth-order valence-electron chi connectivity index (χ4n) is 3.25. The van der Waals surface area contributed by atoms with Crippen molar-refractivity contribution in [3.8, 4) is 28.4 Å². The molecule has 0 saturated heterocycles. The first-order chi connectivity index (χ1) is 14.7. The third-order valence-electron chi connectivity index (χ3n) is 4.63. The van der Waals surface area contributed by atoms with E-state index in [-0.39, 0.29) is 5.88 Å². The first kappa shape index (κ1) is 18.2. The van der Waals surface area contributed by atoms with Gasteiger partial charge in [-0.25, -0.2) is 9.37 Å². The molecule has 3 aromatic carbocycles. The number of hydrogen-bond donors (Lipinski definition) is 1. The number of aromatic hydroxyl groups is 1. The highest BCUT2D eigenvalue weighted by Crippen LogP contribution is 2.44. The second-order valence-corrected chi connectivity index (χ2v) is 7.50. The van der Waals surface area contributed by atoms with Crippen molar-refractivity contribution in [2.75, 3.05) is 0 Å². The molecule has 146 valence electrons. The van der Waals surface area contributed by atoms with Gasteiger partial charge in [0, 0.05) is 11.1 Å². The molecule has 7 heteroatoms. The molecule has 0 bridgehead atoms. The van der Waals surface area contributed by atoms with Crippen LogP contribution in [-0.4, -0.2) is 14.5 Å². The van der Waals surface area contributed by atoms with Crippen LogP contribution in [0, 0.1) is 5.82 Å². The first-order valence-electron chi connectivity index (χ1n) is 9.23. The van der Waals surface area contributed by atoms with Gasteiger partial charge in [-0.2, -0.15) is 0 Å². The molecule has 0 aliphatic rings. The van der Waals surface area contributed by atoms with Crippen molar-refractivity contribution in [3.63, 3.8) is 0 Å². The van der Waals surface area contributed by atoms with Gasteiger partial charge in [-0.05, 0) is 24.3 Å². The first-order valence-corrected chi connectivity index (χ1v) is 10.1. The van der Waals surface area contributed by atoms with Crippen molar-refractivity contribution in [2.24, 2.45) is 10.2 Å². The molecule has 1 N–H and O–H groups in total. The van der Waals surface area contributed by atoms with E-state index < -0.39 is 5.82 Å². The second-order valence-electron chi connectivity index (χ2n) is 6.54. The van der Waals surface area contributed by atoms with Gasteiger partial charge >= 0.3 is 0 Å². The van der Waals surface area contributed by atoms with Crippen molar-refractivity contribution in [1.82, 2.24) is 9.38 Å². The lowest BCUT2D eigenvalue weighted by molar-refractivity contribution is 0.451. The van der Waals surface area contributed by atoms with Gasteiger partial charge in [-0.15, -0.1) is 10.2 Å². The quantitative estimate of drug-likeness (QED) is 0.322. The predicted octanol–water partition coefficient (Wildman–Crippen LogP) is 6.99. The summed E-state index contributed by atoms with van der Waals surface area (Å²) in [5.74, 6) is -0.517. The van der Waals surface area contributed by atoms with Crippen LogP contribution in [-0.2, 0) is 0 Å². The fourth-order valence-corrected chi connectivity index (χ4v) is 4.10. The van der Waals surface area contributed by atoms with E-state index in [1.807, 2.05) is 60.7 Å². The fraction of sp³-hybridized carbons (Fsp3) is 0. The Labute approximate surface area is 175 Å². The standard InChI is InChI=1S/C23H15FN4OS/c24-18-14-8-7-13-17(18)20-19(15-9-3-1-4-10-15)25-23-28(20)22(29)21(30-23)27-26-16-11-5-2-6-12-16/h1-14,29H. The summed E-state index contributed by atoms with van der Waals surface area (Å²) in [5.41, 5.74) is 2.92. The highest BCUT2D eigenvalue weighted by atomic mass is 32.1. The van der Waals surface area contributed by atoms with Crippen LogP contribution in [0.2, 0.25) is 0 Å². The number of benzene rings is 3. The molecule has 0 aliphatic carbocycles. The molecule has 0 aliphatic heterocycles. The number of azo groups is 1. The molecule has 2 heterocycles. The molecular formula is C23H15FN4OS. The predicted molar refractivity (Wildman–Crippen MR) is 116 cm³/mol. The summed E-state index contributed by atoms with van der Waals surface area (Å²) < 4.78 is 16.3. The van der Waals surface area contributed by atoms with E-state index in [4.69, 9.17) is 4.98 Å². The van der Waals surface area contributed by atoms with E-state index in [1.165, 1.54) is 21.8 Å². The smallest absolute Gasteiger partial charge is 0.237 e. The van der Waals surface area contributed by atoms with Crippen LogP contribution >= 0.6 is 11.3 Å². The lowest BCUT2D eigenvalue weighted by Crippen LogP contribution is -1.91. The minimum Gasteiger partial charge on any atom is -0.492 e. The molecule has 0 radical (unpaired) electrons. The summed E-state index contributed by atoms with van der Waals surface area (Å²) in [4.78, 5) is 5.20. The topological polar surface area (TPSA) is 62.2 Å². The van der Waals surface area contributed by atoms with Crippen LogP contribution in [0.25, 0.3) is 27.5 Å². The van der Waals surface area contributed by atoms with Crippen LogP contribution < -0.4 is 0 Å². The highest BCUT2D eigenvalue weighted by Gasteiger charge is 2.24. The Balaban J connectivity index is 1.72.